The van der Waals surface area contributed by atoms with E-state index in [1.165, 1.54) is 5.56 Å². The summed E-state index contributed by atoms with van der Waals surface area (Å²) in [6.45, 7) is 3.49. The normalized spacial score (nSPS) is 17.4. The van der Waals surface area contributed by atoms with Gasteiger partial charge in [0.1, 0.15) is 11.5 Å². The first-order valence-electron chi connectivity index (χ1n) is 10.6. The molecule has 0 aliphatic carbocycles. The summed E-state index contributed by atoms with van der Waals surface area (Å²) in [5.74, 6) is 2.44. The van der Waals surface area contributed by atoms with Gasteiger partial charge in [-0.05, 0) is 29.7 Å². The first-order valence-corrected chi connectivity index (χ1v) is 10.6. The number of guanidine groups is 1. The minimum atomic E-state index is -0.0251. The number of nitrogens with zero attached hydrogens (tertiary/aromatic N) is 2. The van der Waals surface area contributed by atoms with Crippen LogP contribution >= 0.6 is 24.0 Å². The summed E-state index contributed by atoms with van der Waals surface area (Å²) in [5.41, 5.74) is 2.33. The molecule has 3 rings (SSSR count). The molecule has 1 aliphatic heterocycles. The molecule has 0 radical (unpaired) electrons. The summed E-state index contributed by atoms with van der Waals surface area (Å²) in [4.78, 5) is 6.82. The Labute approximate surface area is 208 Å². The van der Waals surface area contributed by atoms with Crippen molar-refractivity contribution in [3.63, 3.8) is 0 Å². The number of ether oxygens (including phenoxy) is 3. The zero-order valence-corrected chi connectivity index (χ0v) is 21.7. The maximum absolute atomic E-state index is 5.65. The lowest BCUT2D eigenvalue weighted by Gasteiger charge is -2.21. The molecule has 2 atom stereocenters. The number of hydrogen-bond donors (Lipinski definition) is 2. The lowest BCUT2D eigenvalue weighted by Crippen LogP contribution is -2.45. The van der Waals surface area contributed by atoms with Gasteiger partial charge < -0.3 is 24.8 Å². The van der Waals surface area contributed by atoms with Gasteiger partial charge >= 0.3 is 0 Å². The summed E-state index contributed by atoms with van der Waals surface area (Å²) >= 11 is 0. The van der Waals surface area contributed by atoms with Crippen molar-refractivity contribution in [3.8, 4) is 11.5 Å². The minimum Gasteiger partial charge on any atom is -0.497 e. The van der Waals surface area contributed by atoms with Gasteiger partial charge in [0, 0.05) is 52.4 Å². The quantitative estimate of drug-likeness (QED) is 0.281. The second-order valence-electron chi connectivity index (χ2n) is 7.67. The zero-order chi connectivity index (χ0) is 22.1. The van der Waals surface area contributed by atoms with Crippen molar-refractivity contribution in [1.82, 2.24) is 15.5 Å². The lowest BCUT2D eigenvalue weighted by atomic mass is 10.1. The Balaban J connectivity index is 0.00000363. The Morgan fingerprint density at radius 2 is 1.78 bits per heavy atom. The standard InChI is InChI=1S/C24H34N4O3.HI/c1-25-24(26-15-23(31-4)19-8-6-5-7-9-19)27-20-10-11-28(17-20)16-18-12-21(29-2)14-22(13-18)30-3;/h5-9,12-14,20,23H,10-11,15-17H2,1-4H3,(H2,25,26,27);1H. The van der Waals surface area contributed by atoms with E-state index < -0.39 is 0 Å². The molecule has 1 aliphatic rings. The summed E-state index contributed by atoms with van der Waals surface area (Å²) in [5, 5.41) is 6.95. The molecule has 176 valence electrons. The Morgan fingerprint density at radius 3 is 2.38 bits per heavy atom. The zero-order valence-electron chi connectivity index (χ0n) is 19.3. The van der Waals surface area contributed by atoms with Crippen LogP contribution in [0.15, 0.2) is 53.5 Å². The number of aliphatic imine (C=N–C) groups is 1. The molecule has 2 unspecified atom stereocenters. The highest BCUT2D eigenvalue weighted by atomic mass is 127. The van der Waals surface area contributed by atoms with Crippen molar-refractivity contribution in [1.29, 1.82) is 0 Å². The fourth-order valence-corrected chi connectivity index (χ4v) is 3.89. The van der Waals surface area contributed by atoms with Crippen LogP contribution in [-0.4, -0.2) is 64.9 Å². The molecule has 2 aromatic rings. The Morgan fingerprint density at radius 1 is 1.09 bits per heavy atom. The fourth-order valence-electron chi connectivity index (χ4n) is 3.89. The van der Waals surface area contributed by atoms with Gasteiger partial charge in [0.15, 0.2) is 5.96 Å². The average Bonchev–Trinajstić information content (AvgIpc) is 3.25. The first kappa shape index (κ1) is 26.2. The first-order chi connectivity index (χ1) is 15.1. The van der Waals surface area contributed by atoms with Gasteiger partial charge in [-0.1, -0.05) is 30.3 Å². The highest BCUT2D eigenvalue weighted by Gasteiger charge is 2.24. The van der Waals surface area contributed by atoms with E-state index in [-0.39, 0.29) is 30.1 Å². The third-order valence-electron chi connectivity index (χ3n) is 5.57. The van der Waals surface area contributed by atoms with Crippen molar-refractivity contribution in [2.24, 2.45) is 4.99 Å². The second kappa shape index (κ2) is 13.5. The van der Waals surface area contributed by atoms with Crippen LogP contribution in [0.1, 0.15) is 23.7 Å². The summed E-state index contributed by atoms with van der Waals surface area (Å²) in [6.07, 6.45) is 1.04. The van der Waals surface area contributed by atoms with Crippen LogP contribution in [-0.2, 0) is 11.3 Å². The van der Waals surface area contributed by atoms with Crippen molar-refractivity contribution >= 4 is 29.9 Å². The van der Waals surface area contributed by atoms with Gasteiger partial charge in [-0.25, -0.2) is 0 Å². The molecule has 2 N–H and O–H groups in total. The van der Waals surface area contributed by atoms with E-state index in [1.807, 2.05) is 24.3 Å². The van der Waals surface area contributed by atoms with E-state index in [0.717, 1.165) is 49.1 Å². The molecule has 0 aromatic heterocycles. The number of nitrogens with one attached hydrogen (secondary N) is 2. The molecular weight excluding hydrogens is 519 g/mol. The smallest absolute Gasteiger partial charge is 0.191 e. The van der Waals surface area contributed by atoms with E-state index >= 15 is 0 Å². The van der Waals surface area contributed by atoms with E-state index in [4.69, 9.17) is 14.2 Å². The van der Waals surface area contributed by atoms with E-state index in [1.54, 1.807) is 28.4 Å². The molecule has 32 heavy (non-hydrogen) atoms. The Kier molecular flexibility index (Phi) is 11.1. The average molecular weight is 554 g/mol. The predicted octanol–water partition coefficient (Wildman–Crippen LogP) is 3.45. The van der Waals surface area contributed by atoms with Gasteiger partial charge in [0.25, 0.3) is 0 Å². The van der Waals surface area contributed by atoms with Crippen molar-refractivity contribution < 1.29 is 14.2 Å². The van der Waals surface area contributed by atoms with Gasteiger partial charge in [-0.15, -0.1) is 24.0 Å². The van der Waals surface area contributed by atoms with Crippen molar-refractivity contribution in [3.05, 3.63) is 59.7 Å². The molecule has 0 spiro atoms. The lowest BCUT2D eigenvalue weighted by molar-refractivity contribution is 0.106. The van der Waals surface area contributed by atoms with Crippen LogP contribution < -0.4 is 20.1 Å². The summed E-state index contributed by atoms with van der Waals surface area (Å²) in [6, 6.07) is 16.6. The van der Waals surface area contributed by atoms with Gasteiger partial charge in [0.2, 0.25) is 0 Å². The van der Waals surface area contributed by atoms with Crippen LogP contribution in [0.25, 0.3) is 0 Å². The number of hydrogen-bond acceptors (Lipinski definition) is 5. The van der Waals surface area contributed by atoms with Crippen LogP contribution in [0.4, 0.5) is 0 Å². The Hall–Kier alpha value is -2.04. The summed E-state index contributed by atoms with van der Waals surface area (Å²) < 4.78 is 16.4. The fraction of sp³-hybridized carbons (Fsp3) is 0.458. The van der Waals surface area contributed by atoms with Gasteiger partial charge in [-0.2, -0.15) is 0 Å². The SMILES string of the molecule is CN=C(NCC(OC)c1ccccc1)NC1CCN(Cc2cc(OC)cc(OC)c2)C1.I. The number of benzene rings is 2. The number of likely N-dealkylation sites (tertiary alicyclic amines) is 1. The molecular formula is C24H35IN4O3. The highest BCUT2D eigenvalue weighted by molar-refractivity contribution is 14.0. The van der Waals surface area contributed by atoms with Crippen molar-refractivity contribution in [2.75, 3.05) is 48.0 Å². The maximum Gasteiger partial charge on any atom is 0.191 e. The third-order valence-corrected chi connectivity index (χ3v) is 5.57. The minimum absolute atomic E-state index is 0. The van der Waals surface area contributed by atoms with Crippen molar-refractivity contribution in [2.45, 2.75) is 25.1 Å². The molecule has 0 amide bonds. The molecule has 0 bridgehead atoms. The van der Waals surface area contributed by atoms with Crippen LogP contribution in [0, 0.1) is 0 Å². The van der Waals surface area contributed by atoms with Gasteiger partial charge in [-0.3, -0.25) is 9.89 Å². The topological polar surface area (TPSA) is 67.4 Å². The van der Waals surface area contributed by atoms with Crippen LogP contribution in [0.3, 0.4) is 0 Å². The predicted molar refractivity (Wildman–Crippen MR) is 139 cm³/mol. The largest absolute Gasteiger partial charge is 0.497 e. The Bertz CT molecular complexity index is 828. The van der Waals surface area contributed by atoms with Gasteiger partial charge in [0.05, 0.1) is 20.3 Å². The van der Waals surface area contributed by atoms with E-state index in [0.29, 0.717) is 12.6 Å². The number of methoxy groups -OCH3 is 3. The molecule has 0 saturated carbocycles. The summed E-state index contributed by atoms with van der Waals surface area (Å²) in [7, 11) is 6.89. The third kappa shape index (κ3) is 7.53. The molecule has 1 fully saturated rings. The maximum atomic E-state index is 5.65. The molecule has 1 heterocycles. The van der Waals surface area contributed by atoms with E-state index in [9.17, 15) is 0 Å². The highest BCUT2D eigenvalue weighted by Crippen LogP contribution is 2.24. The van der Waals surface area contributed by atoms with Crippen LogP contribution in [0.5, 0.6) is 11.5 Å². The number of halogens is 1. The van der Waals surface area contributed by atoms with Crippen LogP contribution in [0.2, 0.25) is 0 Å². The number of rotatable bonds is 9. The monoisotopic (exact) mass is 554 g/mol. The second-order valence-corrected chi connectivity index (χ2v) is 7.67. The molecule has 1 saturated heterocycles. The molecule has 8 heteroatoms. The van der Waals surface area contributed by atoms with E-state index in [2.05, 4.69) is 44.8 Å². The molecule has 7 nitrogen and oxygen atoms in total. The molecule has 2 aromatic carbocycles.